The Hall–Kier alpha value is -1.06. The van der Waals surface area contributed by atoms with Crippen molar-refractivity contribution in [2.45, 2.75) is 52.7 Å². The summed E-state index contributed by atoms with van der Waals surface area (Å²) in [6.07, 6.45) is 1.14. The van der Waals surface area contributed by atoms with E-state index in [1.165, 1.54) is 0 Å². The average molecular weight is 251 g/mol. The topological polar surface area (TPSA) is 66.5 Å². The Kier molecular flexibility index (Phi) is 5.17. The molecule has 0 heterocycles. The van der Waals surface area contributed by atoms with Crippen LogP contribution in [0, 0.1) is 19.8 Å². The zero-order chi connectivity index (χ0) is 13.9. The maximum Gasteiger partial charge on any atom is 0.121 e. The Morgan fingerprint density at radius 3 is 2.06 bits per heavy atom. The minimum Gasteiger partial charge on any atom is -0.507 e. The van der Waals surface area contributed by atoms with Crippen molar-refractivity contribution < 1.29 is 10.2 Å². The number of aliphatic hydroxyl groups excluding tert-OH is 1. The second kappa shape index (κ2) is 6.21. The predicted molar refractivity (Wildman–Crippen MR) is 74.6 cm³/mol. The van der Waals surface area contributed by atoms with Crippen molar-refractivity contribution in [3.8, 4) is 5.75 Å². The molecule has 0 bridgehead atoms. The fourth-order valence-corrected chi connectivity index (χ4v) is 2.09. The van der Waals surface area contributed by atoms with E-state index in [-0.39, 0.29) is 6.04 Å². The highest BCUT2D eigenvalue weighted by Crippen LogP contribution is 2.27. The molecule has 0 fully saturated rings. The van der Waals surface area contributed by atoms with E-state index >= 15 is 0 Å². The van der Waals surface area contributed by atoms with Crippen molar-refractivity contribution in [3.05, 3.63) is 28.8 Å². The summed E-state index contributed by atoms with van der Waals surface area (Å²) in [4.78, 5) is 0. The molecule has 0 aromatic heterocycles. The molecule has 0 saturated heterocycles. The van der Waals surface area contributed by atoms with E-state index in [9.17, 15) is 10.2 Å². The molecule has 1 aromatic rings. The molecule has 4 N–H and O–H groups in total. The number of hydrogen-bond acceptors (Lipinski definition) is 3. The van der Waals surface area contributed by atoms with Gasteiger partial charge in [0.2, 0.25) is 0 Å². The summed E-state index contributed by atoms with van der Waals surface area (Å²) in [6, 6.07) is 3.32. The first kappa shape index (κ1) is 15.0. The van der Waals surface area contributed by atoms with Gasteiger partial charge in [-0.1, -0.05) is 26.0 Å². The van der Waals surface area contributed by atoms with Gasteiger partial charge in [0, 0.05) is 0 Å². The number of aryl methyl sites for hydroxylation is 2. The second-order valence-corrected chi connectivity index (χ2v) is 5.57. The minimum absolute atomic E-state index is 0.308. The zero-order valence-electron chi connectivity index (χ0n) is 11.8. The van der Waals surface area contributed by atoms with Crippen LogP contribution in [-0.4, -0.2) is 16.3 Å². The normalized spacial score (nSPS) is 14.8. The SMILES string of the molecule is Cc1cc([C@H](N)[C@H](O)CCC(C)C)cc(C)c1O. The van der Waals surface area contributed by atoms with Crippen LogP contribution in [0.3, 0.4) is 0 Å². The van der Waals surface area contributed by atoms with E-state index in [1.807, 2.05) is 26.0 Å². The van der Waals surface area contributed by atoms with Gasteiger partial charge in [-0.05, 0) is 49.3 Å². The fourth-order valence-electron chi connectivity index (χ4n) is 2.09. The Labute approximate surface area is 110 Å². The van der Waals surface area contributed by atoms with E-state index in [4.69, 9.17) is 5.73 Å². The smallest absolute Gasteiger partial charge is 0.121 e. The molecule has 1 rings (SSSR count). The van der Waals surface area contributed by atoms with Gasteiger partial charge in [-0.2, -0.15) is 0 Å². The van der Waals surface area contributed by atoms with Crippen molar-refractivity contribution in [1.82, 2.24) is 0 Å². The number of phenolic OH excluding ortho intramolecular Hbond substituents is 1. The van der Waals surface area contributed by atoms with Crippen LogP contribution in [0.4, 0.5) is 0 Å². The van der Waals surface area contributed by atoms with Crippen LogP contribution >= 0.6 is 0 Å². The fraction of sp³-hybridized carbons (Fsp3) is 0.600. The summed E-state index contributed by atoms with van der Waals surface area (Å²) in [5.74, 6) is 0.873. The number of benzene rings is 1. The molecule has 0 radical (unpaired) electrons. The van der Waals surface area contributed by atoms with Crippen molar-refractivity contribution >= 4 is 0 Å². The molecule has 0 unspecified atom stereocenters. The van der Waals surface area contributed by atoms with Crippen LogP contribution in [0.2, 0.25) is 0 Å². The summed E-state index contributed by atoms with van der Waals surface area (Å²) < 4.78 is 0. The van der Waals surface area contributed by atoms with Gasteiger partial charge in [0.05, 0.1) is 12.1 Å². The summed E-state index contributed by atoms with van der Waals surface area (Å²) in [5.41, 5.74) is 8.57. The lowest BCUT2D eigenvalue weighted by Gasteiger charge is -2.21. The van der Waals surface area contributed by atoms with E-state index in [0.29, 0.717) is 18.1 Å². The van der Waals surface area contributed by atoms with E-state index in [1.54, 1.807) is 0 Å². The number of rotatable bonds is 5. The molecule has 3 heteroatoms. The third-order valence-corrected chi connectivity index (χ3v) is 3.35. The van der Waals surface area contributed by atoms with Crippen LogP contribution in [0.1, 0.15) is 49.4 Å². The Morgan fingerprint density at radius 2 is 1.61 bits per heavy atom. The molecule has 2 atom stereocenters. The maximum absolute atomic E-state index is 10.1. The lowest BCUT2D eigenvalue weighted by atomic mass is 9.93. The lowest BCUT2D eigenvalue weighted by molar-refractivity contribution is 0.128. The average Bonchev–Trinajstić information content (AvgIpc) is 2.31. The zero-order valence-corrected chi connectivity index (χ0v) is 11.8. The van der Waals surface area contributed by atoms with Gasteiger partial charge in [-0.15, -0.1) is 0 Å². The van der Waals surface area contributed by atoms with Crippen LogP contribution in [0.15, 0.2) is 12.1 Å². The van der Waals surface area contributed by atoms with E-state index in [0.717, 1.165) is 23.1 Å². The maximum atomic E-state index is 10.1. The first-order chi connectivity index (χ1) is 8.32. The van der Waals surface area contributed by atoms with Crippen LogP contribution in [0.5, 0.6) is 5.75 Å². The molecule has 0 aliphatic rings. The van der Waals surface area contributed by atoms with Gasteiger partial charge >= 0.3 is 0 Å². The second-order valence-electron chi connectivity index (χ2n) is 5.57. The minimum atomic E-state index is -0.532. The van der Waals surface area contributed by atoms with Crippen LogP contribution in [-0.2, 0) is 0 Å². The quantitative estimate of drug-likeness (QED) is 0.754. The lowest BCUT2D eigenvalue weighted by Crippen LogP contribution is -2.26. The molecule has 0 spiro atoms. The van der Waals surface area contributed by atoms with E-state index in [2.05, 4.69) is 13.8 Å². The molecule has 0 amide bonds. The highest BCUT2D eigenvalue weighted by Gasteiger charge is 2.18. The first-order valence-corrected chi connectivity index (χ1v) is 6.56. The van der Waals surface area contributed by atoms with Gasteiger partial charge in [-0.3, -0.25) is 0 Å². The summed E-state index contributed by atoms with van der Waals surface area (Å²) >= 11 is 0. The summed E-state index contributed by atoms with van der Waals surface area (Å²) in [6.45, 7) is 7.96. The number of aliphatic hydroxyl groups is 1. The Bertz CT molecular complexity index is 378. The summed E-state index contributed by atoms with van der Waals surface area (Å²) in [7, 11) is 0. The summed E-state index contributed by atoms with van der Waals surface area (Å²) in [5, 5.41) is 19.8. The van der Waals surface area contributed by atoms with Crippen molar-refractivity contribution in [1.29, 1.82) is 0 Å². The first-order valence-electron chi connectivity index (χ1n) is 6.56. The monoisotopic (exact) mass is 251 g/mol. The molecule has 1 aromatic carbocycles. The molecule has 102 valence electrons. The Balaban J connectivity index is 2.80. The van der Waals surface area contributed by atoms with Gasteiger partial charge < -0.3 is 15.9 Å². The highest BCUT2D eigenvalue weighted by molar-refractivity contribution is 5.43. The van der Waals surface area contributed by atoms with Crippen LogP contribution in [0.25, 0.3) is 0 Å². The number of nitrogens with two attached hydrogens (primary N) is 1. The molecule has 3 nitrogen and oxygen atoms in total. The van der Waals surface area contributed by atoms with Crippen molar-refractivity contribution in [2.75, 3.05) is 0 Å². The van der Waals surface area contributed by atoms with Gasteiger partial charge in [-0.25, -0.2) is 0 Å². The van der Waals surface area contributed by atoms with Crippen molar-refractivity contribution in [2.24, 2.45) is 11.7 Å². The number of aromatic hydroxyl groups is 1. The number of hydrogen-bond donors (Lipinski definition) is 3. The van der Waals surface area contributed by atoms with Crippen LogP contribution < -0.4 is 5.73 Å². The molecule has 18 heavy (non-hydrogen) atoms. The molecular weight excluding hydrogens is 226 g/mol. The molecular formula is C15H25NO2. The largest absolute Gasteiger partial charge is 0.507 e. The van der Waals surface area contributed by atoms with Crippen molar-refractivity contribution in [3.63, 3.8) is 0 Å². The molecule has 0 saturated carbocycles. The highest BCUT2D eigenvalue weighted by atomic mass is 16.3. The predicted octanol–water partition coefficient (Wildman–Crippen LogP) is 2.81. The third kappa shape index (κ3) is 3.72. The third-order valence-electron chi connectivity index (χ3n) is 3.35. The standard InChI is InChI=1S/C15H25NO2/c1-9(2)5-6-13(17)14(16)12-7-10(3)15(18)11(4)8-12/h7-9,13-14,17-18H,5-6,16H2,1-4H3/t13-,14+/m1/s1. The van der Waals surface area contributed by atoms with Gasteiger partial charge in [0.25, 0.3) is 0 Å². The van der Waals surface area contributed by atoms with Gasteiger partial charge in [0.1, 0.15) is 5.75 Å². The number of phenols is 1. The Morgan fingerprint density at radius 1 is 1.11 bits per heavy atom. The molecule has 0 aliphatic carbocycles. The molecule has 0 aliphatic heterocycles. The van der Waals surface area contributed by atoms with E-state index < -0.39 is 6.10 Å². The van der Waals surface area contributed by atoms with Gasteiger partial charge in [0.15, 0.2) is 0 Å².